The fraction of sp³-hybridized carbons (Fsp3) is 0.917. The molecule has 15 heavy (non-hydrogen) atoms. The van der Waals surface area contributed by atoms with Crippen LogP contribution in [0.15, 0.2) is 0 Å². The molecule has 0 aliphatic heterocycles. The molecule has 2 saturated carbocycles. The van der Waals surface area contributed by atoms with Gasteiger partial charge in [-0.05, 0) is 37.5 Å². The van der Waals surface area contributed by atoms with Crippen LogP contribution in [0.1, 0.15) is 45.4 Å². The van der Waals surface area contributed by atoms with Crippen LogP contribution in [-0.4, -0.2) is 16.8 Å². The smallest absolute Gasteiger partial charge is 0.217 e. The van der Waals surface area contributed by atoms with Crippen LogP contribution in [0.4, 0.5) is 0 Å². The lowest BCUT2D eigenvalue weighted by Gasteiger charge is -2.44. The molecule has 0 aromatic rings. The zero-order valence-corrected chi connectivity index (χ0v) is 10.9. The Bertz CT molecular complexity index is 244. The van der Waals surface area contributed by atoms with Crippen molar-refractivity contribution in [3.8, 4) is 0 Å². The first-order valence-electron chi connectivity index (χ1n) is 6.09. The number of fused-ring (bicyclic) bond motifs is 1. The van der Waals surface area contributed by atoms with Crippen LogP contribution in [-0.2, 0) is 4.79 Å². The molecule has 2 aliphatic rings. The average molecular weight is 274 g/mol. The fourth-order valence-corrected chi connectivity index (χ4v) is 4.26. The summed E-state index contributed by atoms with van der Waals surface area (Å²) in [5, 5.41) is 3.14. The van der Waals surface area contributed by atoms with Crippen molar-refractivity contribution in [2.24, 2.45) is 11.8 Å². The SMILES string of the molecule is CC(=O)NC1CCC(Br)C2CCCCC12. The van der Waals surface area contributed by atoms with Crippen LogP contribution in [0.2, 0.25) is 0 Å². The zero-order valence-electron chi connectivity index (χ0n) is 9.34. The summed E-state index contributed by atoms with van der Waals surface area (Å²) >= 11 is 3.81. The van der Waals surface area contributed by atoms with Gasteiger partial charge in [0.2, 0.25) is 5.91 Å². The maximum absolute atomic E-state index is 11.1. The second-order valence-corrected chi connectivity index (χ2v) is 6.19. The molecular weight excluding hydrogens is 254 g/mol. The molecule has 4 unspecified atom stereocenters. The maximum Gasteiger partial charge on any atom is 0.217 e. The standard InChI is InChI=1S/C12H20BrNO/c1-8(15)14-12-7-6-11(13)9-4-2-3-5-10(9)12/h9-12H,2-7H2,1H3,(H,14,15). The largest absolute Gasteiger partial charge is 0.353 e. The number of amides is 1. The number of alkyl halides is 1. The Hall–Kier alpha value is -0.0500. The van der Waals surface area contributed by atoms with Crippen molar-refractivity contribution in [3.05, 3.63) is 0 Å². The Morgan fingerprint density at radius 2 is 1.80 bits per heavy atom. The van der Waals surface area contributed by atoms with Crippen molar-refractivity contribution in [3.63, 3.8) is 0 Å². The van der Waals surface area contributed by atoms with E-state index in [2.05, 4.69) is 21.2 Å². The Morgan fingerprint density at radius 1 is 1.13 bits per heavy atom. The molecule has 1 N–H and O–H groups in total. The number of carbonyl (C=O) groups is 1. The number of hydrogen-bond acceptors (Lipinski definition) is 1. The van der Waals surface area contributed by atoms with Crippen LogP contribution in [0, 0.1) is 11.8 Å². The van der Waals surface area contributed by atoms with E-state index in [0.717, 1.165) is 18.3 Å². The third kappa shape index (κ3) is 2.55. The molecule has 0 heterocycles. The molecule has 0 aromatic heterocycles. The minimum Gasteiger partial charge on any atom is -0.353 e. The molecule has 1 amide bonds. The van der Waals surface area contributed by atoms with E-state index in [0.29, 0.717) is 10.9 Å². The van der Waals surface area contributed by atoms with E-state index in [1.54, 1.807) is 6.92 Å². The monoisotopic (exact) mass is 273 g/mol. The van der Waals surface area contributed by atoms with Gasteiger partial charge in [0.25, 0.3) is 0 Å². The van der Waals surface area contributed by atoms with Crippen LogP contribution >= 0.6 is 15.9 Å². The molecule has 0 bridgehead atoms. The third-order valence-corrected chi connectivity index (χ3v) is 5.14. The van der Waals surface area contributed by atoms with Gasteiger partial charge >= 0.3 is 0 Å². The Labute approximate surface area is 100 Å². The van der Waals surface area contributed by atoms with Crippen molar-refractivity contribution >= 4 is 21.8 Å². The number of carbonyl (C=O) groups excluding carboxylic acids is 1. The molecule has 0 aromatic carbocycles. The van der Waals surface area contributed by atoms with E-state index >= 15 is 0 Å². The van der Waals surface area contributed by atoms with Gasteiger partial charge in [-0.1, -0.05) is 28.8 Å². The van der Waals surface area contributed by atoms with Crippen molar-refractivity contribution in [2.45, 2.75) is 56.3 Å². The van der Waals surface area contributed by atoms with Crippen molar-refractivity contribution in [1.29, 1.82) is 0 Å². The van der Waals surface area contributed by atoms with Gasteiger partial charge in [0.1, 0.15) is 0 Å². The molecule has 2 rings (SSSR count). The summed E-state index contributed by atoms with van der Waals surface area (Å²) in [4.78, 5) is 11.8. The summed E-state index contributed by atoms with van der Waals surface area (Å²) in [5.74, 6) is 1.66. The third-order valence-electron chi connectivity index (χ3n) is 4.00. The quantitative estimate of drug-likeness (QED) is 0.732. The van der Waals surface area contributed by atoms with E-state index in [1.807, 2.05) is 0 Å². The summed E-state index contributed by atoms with van der Waals surface area (Å²) in [5.41, 5.74) is 0. The van der Waals surface area contributed by atoms with E-state index < -0.39 is 0 Å². The molecule has 3 heteroatoms. The summed E-state index contributed by atoms with van der Waals surface area (Å²) in [6.45, 7) is 1.64. The molecule has 86 valence electrons. The Morgan fingerprint density at radius 3 is 2.47 bits per heavy atom. The van der Waals surface area contributed by atoms with Gasteiger partial charge in [0.15, 0.2) is 0 Å². The van der Waals surface area contributed by atoms with Crippen LogP contribution in [0.25, 0.3) is 0 Å². The topological polar surface area (TPSA) is 29.1 Å². The van der Waals surface area contributed by atoms with Crippen LogP contribution < -0.4 is 5.32 Å². The summed E-state index contributed by atoms with van der Waals surface area (Å²) in [7, 11) is 0. The van der Waals surface area contributed by atoms with E-state index in [4.69, 9.17) is 0 Å². The normalized spacial score (nSPS) is 40.7. The van der Waals surface area contributed by atoms with Crippen LogP contribution in [0.5, 0.6) is 0 Å². The molecule has 2 fully saturated rings. The number of halogens is 1. The second-order valence-electron chi connectivity index (χ2n) is 5.01. The van der Waals surface area contributed by atoms with Gasteiger partial charge in [-0.2, -0.15) is 0 Å². The second kappa shape index (κ2) is 4.86. The van der Waals surface area contributed by atoms with Crippen molar-refractivity contribution in [1.82, 2.24) is 5.32 Å². The van der Waals surface area contributed by atoms with Crippen LogP contribution in [0.3, 0.4) is 0 Å². The van der Waals surface area contributed by atoms with Gasteiger partial charge < -0.3 is 5.32 Å². The van der Waals surface area contributed by atoms with Gasteiger partial charge in [-0.3, -0.25) is 4.79 Å². The highest BCUT2D eigenvalue weighted by Gasteiger charge is 2.39. The Balaban J connectivity index is 2.03. The van der Waals surface area contributed by atoms with E-state index in [1.165, 1.54) is 32.1 Å². The maximum atomic E-state index is 11.1. The highest BCUT2D eigenvalue weighted by Crippen LogP contribution is 2.43. The number of nitrogens with one attached hydrogen (secondary N) is 1. The molecule has 0 saturated heterocycles. The van der Waals surface area contributed by atoms with Gasteiger partial charge in [0, 0.05) is 17.8 Å². The molecule has 0 spiro atoms. The van der Waals surface area contributed by atoms with E-state index in [-0.39, 0.29) is 5.91 Å². The molecule has 0 radical (unpaired) electrons. The Kier molecular flexibility index (Phi) is 3.70. The lowest BCUT2D eigenvalue weighted by molar-refractivity contribution is -0.120. The predicted octanol–water partition coefficient (Wildman–Crippen LogP) is 2.85. The zero-order chi connectivity index (χ0) is 10.8. The summed E-state index contributed by atoms with van der Waals surface area (Å²) in [6, 6.07) is 0.446. The lowest BCUT2D eigenvalue weighted by Crippen LogP contribution is -2.48. The summed E-state index contributed by atoms with van der Waals surface area (Å²) < 4.78 is 0. The predicted molar refractivity (Wildman–Crippen MR) is 65.0 cm³/mol. The molecule has 4 atom stereocenters. The highest BCUT2D eigenvalue weighted by molar-refractivity contribution is 9.09. The van der Waals surface area contributed by atoms with E-state index in [9.17, 15) is 4.79 Å². The lowest BCUT2D eigenvalue weighted by atomic mass is 9.68. The minimum atomic E-state index is 0.136. The first kappa shape index (κ1) is 11.4. The van der Waals surface area contributed by atoms with Crippen molar-refractivity contribution < 1.29 is 4.79 Å². The first-order valence-corrected chi connectivity index (χ1v) is 7.01. The summed E-state index contributed by atoms with van der Waals surface area (Å²) in [6.07, 6.45) is 7.73. The number of hydrogen-bond donors (Lipinski definition) is 1. The average Bonchev–Trinajstić information content (AvgIpc) is 2.22. The van der Waals surface area contributed by atoms with Gasteiger partial charge in [0.05, 0.1) is 0 Å². The van der Waals surface area contributed by atoms with Crippen molar-refractivity contribution in [2.75, 3.05) is 0 Å². The first-order chi connectivity index (χ1) is 7.18. The number of rotatable bonds is 1. The van der Waals surface area contributed by atoms with Gasteiger partial charge in [-0.15, -0.1) is 0 Å². The molecular formula is C12H20BrNO. The minimum absolute atomic E-state index is 0.136. The molecule has 2 aliphatic carbocycles. The molecule has 2 nitrogen and oxygen atoms in total. The van der Waals surface area contributed by atoms with Gasteiger partial charge in [-0.25, -0.2) is 0 Å². The fourth-order valence-electron chi connectivity index (χ4n) is 3.34. The highest BCUT2D eigenvalue weighted by atomic mass is 79.9.